The van der Waals surface area contributed by atoms with E-state index >= 15 is 0 Å². The van der Waals surface area contributed by atoms with Gasteiger partial charge in [0, 0.05) is 32.3 Å². The van der Waals surface area contributed by atoms with Gasteiger partial charge in [-0.25, -0.2) is 4.98 Å². The minimum absolute atomic E-state index is 0.0143. The summed E-state index contributed by atoms with van der Waals surface area (Å²) in [7, 11) is 0. The van der Waals surface area contributed by atoms with Crippen LogP contribution < -0.4 is 10.2 Å². The van der Waals surface area contributed by atoms with E-state index in [0.29, 0.717) is 0 Å². The third kappa shape index (κ3) is 2.94. The smallest absolute Gasteiger partial charge is 0.217 e. The summed E-state index contributed by atoms with van der Waals surface area (Å²) < 4.78 is 0. The van der Waals surface area contributed by atoms with E-state index in [4.69, 9.17) is 5.11 Å². The van der Waals surface area contributed by atoms with Gasteiger partial charge >= 0.3 is 0 Å². The number of amides is 1. The summed E-state index contributed by atoms with van der Waals surface area (Å²) in [6, 6.07) is 3.99. The molecule has 1 saturated heterocycles. The van der Waals surface area contributed by atoms with Crippen LogP contribution in [0.2, 0.25) is 0 Å². The van der Waals surface area contributed by atoms with Crippen molar-refractivity contribution in [1.82, 2.24) is 10.3 Å². The molecule has 1 amide bonds. The average Bonchev–Trinajstić information content (AvgIpc) is 2.77. The molecule has 2 N–H and O–H groups in total. The van der Waals surface area contributed by atoms with Crippen molar-refractivity contribution in [2.24, 2.45) is 0 Å². The van der Waals surface area contributed by atoms with E-state index in [1.165, 1.54) is 6.92 Å². The molecular formula is C12H17N3O2. The summed E-state index contributed by atoms with van der Waals surface area (Å²) in [5, 5.41) is 11.8. The number of anilines is 1. The molecule has 0 radical (unpaired) electrons. The Morgan fingerprint density at radius 1 is 1.65 bits per heavy atom. The molecule has 1 aromatic heterocycles. The first kappa shape index (κ1) is 11.9. The zero-order chi connectivity index (χ0) is 12.3. The number of rotatable bonds is 3. The van der Waals surface area contributed by atoms with E-state index in [2.05, 4.69) is 15.2 Å². The monoisotopic (exact) mass is 235 g/mol. The van der Waals surface area contributed by atoms with Crippen molar-refractivity contribution in [3.8, 4) is 0 Å². The maximum atomic E-state index is 11.0. The number of nitrogens with zero attached hydrogens (tertiary/aromatic N) is 2. The van der Waals surface area contributed by atoms with Crippen LogP contribution in [0.4, 0.5) is 5.82 Å². The van der Waals surface area contributed by atoms with Crippen molar-refractivity contribution in [1.29, 1.82) is 0 Å². The molecule has 1 atom stereocenters. The van der Waals surface area contributed by atoms with Crippen molar-refractivity contribution >= 4 is 11.7 Å². The van der Waals surface area contributed by atoms with E-state index in [0.717, 1.165) is 30.9 Å². The third-order valence-corrected chi connectivity index (χ3v) is 2.91. The summed E-state index contributed by atoms with van der Waals surface area (Å²) in [6.07, 6.45) is 2.63. The second kappa shape index (κ2) is 5.14. The molecule has 1 aromatic rings. The molecule has 17 heavy (non-hydrogen) atoms. The van der Waals surface area contributed by atoms with Crippen molar-refractivity contribution in [2.45, 2.75) is 26.0 Å². The quantitative estimate of drug-likeness (QED) is 0.790. The highest BCUT2D eigenvalue weighted by atomic mass is 16.3. The zero-order valence-corrected chi connectivity index (χ0v) is 9.89. The lowest BCUT2D eigenvalue weighted by Gasteiger charge is -2.17. The van der Waals surface area contributed by atoms with Crippen LogP contribution in [0.5, 0.6) is 0 Å². The predicted molar refractivity (Wildman–Crippen MR) is 64.6 cm³/mol. The minimum atomic E-state index is 0.0143. The van der Waals surface area contributed by atoms with Crippen LogP contribution >= 0.6 is 0 Å². The summed E-state index contributed by atoms with van der Waals surface area (Å²) >= 11 is 0. The Hall–Kier alpha value is -1.62. The molecule has 1 aliphatic heterocycles. The maximum Gasteiger partial charge on any atom is 0.217 e. The van der Waals surface area contributed by atoms with Gasteiger partial charge < -0.3 is 15.3 Å². The standard InChI is InChI=1S/C12H17N3O2/c1-9(17)14-11-4-5-15(7-11)12-3-2-10(8-16)6-13-12/h2-3,6,11,16H,4-5,7-8H2,1H3,(H,14,17). The van der Waals surface area contributed by atoms with Gasteiger partial charge in [0.1, 0.15) is 5.82 Å². The van der Waals surface area contributed by atoms with Gasteiger partial charge in [-0.05, 0) is 18.1 Å². The third-order valence-electron chi connectivity index (χ3n) is 2.91. The number of hydrogen-bond donors (Lipinski definition) is 2. The second-order valence-electron chi connectivity index (χ2n) is 4.31. The fraction of sp³-hybridized carbons (Fsp3) is 0.500. The second-order valence-corrected chi connectivity index (χ2v) is 4.31. The number of pyridine rings is 1. The molecule has 0 spiro atoms. The molecular weight excluding hydrogens is 218 g/mol. The largest absolute Gasteiger partial charge is 0.392 e. The minimum Gasteiger partial charge on any atom is -0.392 e. The number of hydrogen-bond acceptors (Lipinski definition) is 4. The Kier molecular flexibility index (Phi) is 3.58. The SMILES string of the molecule is CC(=O)NC1CCN(c2ccc(CO)cn2)C1. The van der Waals surface area contributed by atoms with E-state index in [9.17, 15) is 4.79 Å². The Balaban J connectivity index is 1.97. The normalized spacial score (nSPS) is 19.4. The number of aliphatic hydroxyl groups is 1. The lowest BCUT2D eigenvalue weighted by molar-refractivity contribution is -0.119. The molecule has 1 unspecified atom stereocenters. The molecule has 2 heterocycles. The number of nitrogens with one attached hydrogen (secondary N) is 1. The van der Waals surface area contributed by atoms with Crippen LogP contribution in [0, 0.1) is 0 Å². The molecule has 0 aliphatic carbocycles. The van der Waals surface area contributed by atoms with Crippen molar-refractivity contribution < 1.29 is 9.90 Å². The molecule has 1 fully saturated rings. The van der Waals surface area contributed by atoms with Crippen LogP contribution in [-0.2, 0) is 11.4 Å². The van der Waals surface area contributed by atoms with Gasteiger partial charge in [-0.3, -0.25) is 4.79 Å². The topological polar surface area (TPSA) is 65.5 Å². The Bertz CT molecular complexity index is 391. The van der Waals surface area contributed by atoms with E-state index < -0.39 is 0 Å². The van der Waals surface area contributed by atoms with Gasteiger partial charge in [-0.1, -0.05) is 6.07 Å². The van der Waals surface area contributed by atoms with Crippen molar-refractivity contribution in [3.63, 3.8) is 0 Å². The van der Waals surface area contributed by atoms with E-state index in [1.807, 2.05) is 12.1 Å². The molecule has 1 aliphatic rings. The van der Waals surface area contributed by atoms with Crippen LogP contribution in [0.15, 0.2) is 18.3 Å². The van der Waals surface area contributed by atoms with E-state index in [-0.39, 0.29) is 18.6 Å². The molecule has 0 bridgehead atoms. The number of aliphatic hydroxyl groups excluding tert-OH is 1. The van der Waals surface area contributed by atoms with Crippen molar-refractivity contribution in [2.75, 3.05) is 18.0 Å². The first-order valence-electron chi connectivity index (χ1n) is 5.77. The Labute approximate surface area is 100 Å². The molecule has 2 rings (SSSR count). The number of carbonyl (C=O) groups is 1. The van der Waals surface area contributed by atoms with Crippen molar-refractivity contribution in [3.05, 3.63) is 23.9 Å². The lowest BCUT2D eigenvalue weighted by atomic mass is 10.2. The van der Waals surface area contributed by atoms with Crippen LogP contribution in [-0.4, -0.2) is 35.1 Å². The van der Waals surface area contributed by atoms with Gasteiger partial charge in [-0.2, -0.15) is 0 Å². The van der Waals surface area contributed by atoms with Gasteiger partial charge in [0.25, 0.3) is 0 Å². The first-order valence-corrected chi connectivity index (χ1v) is 5.77. The highest BCUT2D eigenvalue weighted by Gasteiger charge is 2.23. The average molecular weight is 235 g/mol. The van der Waals surface area contributed by atoms with Crippen LogP contribution in [0.3, 0.4) is 0 Å². The van der Waals surface area contributed by atoms with Gasteiger partial charge in [0.15, 0.2) is 0 Å². The van der Waals surface area contributed by atoms with Gasteiger partial charge in [0.05, 0.1) is 6.61 Å². The van der Waals surface area contributed by atoms with Gasteiger partial charge in [-0.15, -0.1) is 0 Å². The first-order chi connectivity index (χ1) is 8.19. The van der Waals surface area contributed by atoms with Gasteiger partial charge in [0.2, 0.25) is 5.91 Å². The Morgan fingerprint density at radius 2 is 2.47 bits per heavy atom. The van der Waals surface area contributed by atoms with Crippen LogP contribution in [0.1, 0.15) is 18.9 Å². The molecule has 0 saturated carbocycles. The summed E-state index contributed by atoms with van der Waals surface area (Å²) in [4.78, 5) is 17.4. The summed E-state index contributed by atoms with van der Waals surface area (Å²) in [6.45, 7) is 3.25. The number of carbonyl (C=O) groups excluding carboxylic acids is 1. The summed E-state index contributed by atoms with van der Waals surface area (Å²) in [5.41, 5.74) is 0.811. The maximum absolute atomic E-state index is 11.0. The lowest BCUT2D eigenvalue weighted by Crippen LogP contribution is -2.35. The molecule has 0 aromatic carbocycles. The molecule has 5 heteroatoms. The summed E-state index contributed by atoms with van der Waals surface area (Å²) in [5.74, 6) is 0.912. The molecule has 92 valence electrons. The molecule has 5 nitrogen and oxygen atoms in total. The zero-order valence-electron chi connectivity index (χ0n) is 9.89. The highest BCUT2D eigenvalue weighted by Crippen LogP contribution is 2.18. The van der Waals surface area contributed by atoms with E-state index in [1.54, 1.807) is 6.20 Å². The fourth-order valence-electron chi connectivity index (χ4n) is 2.07. The number of aromatic nitrogens is 1. The fourth-order valence-corrected chi connectivity index (χ4v) is 2.07. The van der Waals surface area contributed by atoms with Crippen LogP contribution in [0.25, 0.3) is 0 Å². The highest BCUT2D eigenvalue weighted by molar-refractivity contribution is 5.73. The predicted octanol–water partition coefficient (Wildman–Crippen LogP) is 0.289. The Morgan fingerprint density at radius 3 is 3.06 bits per heavy atom.